The van der Waals surface area contributed by atoms with Crippen molar-refractivity contribution in [3.05, 3.63) is 59.7 Å². The van der Waals surface area contributed by atoms with Gasteiger partial charge in [0.15, 0.2) is 0 Å². The molecule has 152 valence electrons. The first-order chi connectivity index (χ1) is 13.4. The van der Waals surface area contributed by atoms with Crippen LogP contribution in [-0.4, -0.2) is 34.0 Å². The van der Waals surface area contributed by atoms with Crippen molar-refractivity contribution in [2.45, 2.75) is 44.0 Å². The fraction of sp³-hybridized carbons (Fsp3) is 0.381. The maximum absolute atomic E-state index is 13.0. The number of ether oxygens (including phenoxy) is 1. The average molecular weight is 405 g/mol. The van der Waals surface area contributed by atoms with Crippen LogP contribution in [0.4, 0.5) is 0 Å². The van der Waals surface area contributed by atoms with Crippen molar-refractivity contribution in [2.75, 3.05) is 13.7 Å². The third-order valence-electron chi connectivity index (χ3n) is 4.33. The minimum absolute atomic E-state index is 0.0226. The number of unbranched alkanes of at least 4 members (excludes halogenated alkanes) is 1. The highest BCUT2D eigenvalue weighted by Crippen LogP contribution is 2.25. The van der Waals surface area contributed by atoms with E-state index in [2.05, 4.69) is 10.0 Å². The van der Waals surface area contributed by atoms with Crippen molar-refractivity contribution in [1.29, 1.82) is 0 Å². The van der Waals surface area contributed by atoms with Gasteiger partial charge in [0.25, 0.3) is 0 Å². The van der Waals surface area contributed by atoms with Crippen LogP contribution in [0.15, 0.2) is 53.4 Å². The second kappa shape index (κ2) is 10.2. The largest absolute Gasteiger partial charge is 0.495 e. The monoisotopic (exact) mass is 404 g/mol. The number of amides is 1. The van der Waals surface area contributed by atoms with Gasteiger partial charge in [0.2, 0.25) is 15.9 Å². The summed E-state index contributed by atoms with van der Waals surface area (Å²) in [6.07, 6.45) is 2.03. The van der Waals surface area contributed by atoms with Crippen LogP contribution in [0.2, 0.25) is 0 Å². The van der Waals surface area contributed by atoms with Crippen molar-refractivity contribution in [3.63, 3.8) is 0 Å². The number of hydrogen-bond acceptors (Lipinski definition) is 4. The van der Waals surface area contributed by atoms with Crippen molar-refractivity contribution in [2.24, 2.45) is 0 Å². The van der Waals surface area contributed by atoms with E-state index in [1.54, 1.807) is 19.1 Å². The van der Waals surface area contributed by atoms with E-state index >= 15 is 0 Å². The Balaban J connectivity index is 2.29. The van der Waals surface area contributed by atoms with Crippen LogP contribution in [0.25, 0.3) is 0 Å². The Hall–Kier alpha value is -2.38. The summed E-state index contributed by atoms with van der Waals surface area (Å²) in [6, 6.07) is 13.3. The van der Waals surface area contributed by atoms with Gasteiger partial charge >= 0.3 is 0 Å². The average Bonchev–Trinajstić information content (AvgIpc) is 2.68. The van der Waals surface area contributed by atoms with Crippen LogP contribution in [0, 0.1) is 6.92 Å². The van der Waals surface area contributed by atoms with Crippen LogP contribution in [0.5, 0.6) is 5.75 Å². The quantitative estimate of drug-likeness (QED) is 0.597. The second-order valence-electron chi connectivity index (χ2n) is 6.66. The Kier molecular flexibility index (Phi) is 8.02. The molecule has 2 N–H and O–H groups in total. The summed E-state index contributed by atoms with van der Waals surface area (Å²) >= 11 is 0. The van der Waals surface area contributed by atoms with Gasteiger partial charge < -0.3 is 10.1 Å². The number of rotatable bonds is 10. The number of methoxy groups -OCH3 is 1. The molecule has 0 aliphatic rings. The summed E-state index contributed by atoms with van der Waals surface area (Å²) in [4.78, 5) is 12.7. The lowest BCUT2D eigenvalue weighted by Gasteiger charge is -2.20. The molecule has 6 nitrogen and oxygen atoms in total. The maximum Gasteiger partial charge on any atom is 0.244 e. The molecule has 0 heterocycles. The Labute approximate surface area is 167 Å². The van der Waals surface area contributed by atoms with Crippen LogP contribution in [0.3, 0.4) is 0 Å². The molecule has 0 aliphatic carbocycles. The summed E-state index contributed by atoms with van der Waals surface area (Å²) in [7, 11) is -2.54. The molecular weight excluding hydrogens is 376 g/mol. The van der Waals surface area contributed by atoms with Gasteiger partial charge in [0.05, 0.1) is 7.11 Å². The Morgan fingerprint density at radius 2 is 1.86 bits per heavy atom. The van der Waals surface area contributed by atoms with Gasteiger partial charge in [-0.3, -0.25) is 4.79 Å². The molecule has 0 saturated carbocycles. The summed E-state index contributed by atoms with van der Waals surface area (Å²) in [5.74, 6) is -0.101. The minimum Gasteiger partial charge on any atom is -0.495 e. The Bertz CT molecular complexity index is 883. The standard InChI is InChI=1S/C21H28N2O4S/c1-4-5-13-22-21(24)18(15-17-9-7-6-8-10-17)23-28(25,26)20-14-16(2)11-12-19(20)27-3/h6-12,14,18,23H,4-5,13,15H2,1-3H3,(H,22,24)/t18-/m1/s1. The normalized spacial score (nSPS) is 12.4. The molecular formula is C21H28N2O4S. The van der Waals surface area contributed by atoms with E-state index in [4.69, 9.17) is 4.74 Å². The molecule has 0 spiro atoms. The third kappa shape index (κ3) is 6.07. The molecule has 7 heteroatoms. The molecule has 2 aromatic carbocycles. The molecule has 1 atom stereocenters. The lowest BCUT2D eigenvalue weighted by molar-refractivity contribution is -0.122. The van der Waals surface area contributed by atoms with E-state index in [1.807, 2.05) is 37.3 Å². The number of benzene rings is 2. The zero-order valence-electron chi connectivity index (χ0n) is 16.6. The first kappa shape index (κ1) is 21.9. The van der Waals surface area contributed by atoms with Crippen molar-refractivity contribution >= 4 is 15.9 Å². The van der Waals surface area contributed by atoms with Crippen molar-refractivity contribution in [3.8, 4) is 5.75 Å². The third-order valence-corrected chi connectivity index (χ3v) is 5.83. The molecule has 0 fully saturated rings. The van der Waals surface area contributed by atoms with Gasteiger partial charge in [-0.05, 0) is 43.0 Å². The van der Waals surface area contributed by atoms with E-state index in [0.717, 1.165) is 24.0 Å². The maximum atomic E-state index is 13.0. The van der Waals surface area contributed by atoms with Gasteiger partial charge in [-0.25, -0.2) is 8.42 Å². The molecule has 0 bridgehead atoms. The Morgan fingerprint density at radius 3 is 2.50 bits per heavy atom. The van der Waals surface area contributed by atoms with Crippen LogP contribution in [0.1, 0.15) is 30.9 Å². The SMILES string of the molecule is CCCCNC(=O)[C@@H](Cc1ccccc1)NS(=O)(=O)c1cc(C)ccc1OC. The Morgan fingerprint density at radius 1 is 1.14 bits per heavy atom. The van der Waals surface area contributed by atoms with E-state index in [1.165, 1.54) is 13.2 Å². The highest BCUT2D eigenvalue weighted by molar-refractivity contribution is 7.89. The van der Waals surface area contributed by atoms with Crippen molar-refractivity contribution < 1.29 is 17.9 Å². The first-order valence-corrected chi connectivity index (χ1v) is 10.8. The summed E-state index contributed by atoms with van der Waals surface area (Å²) in [5.41, 5.74) is 1.66. The fourth-order valence-corrected chi connectivity index (χ4v) is 4.24. The zero-order chi connectivity index (χ0) is 20.6. The highest BCUT2D eigenvalue weighted by Gasteiger charge is 2.28. The molecule has 2 aromatic rings. The molecule has 2 rings (SSSR count). The van der Waals surface area contributed by atoms with Gasteiger partial charge in [-0.2, -0.15) is 4.72 Å². The zero-order valence-corrected chi connectivity index (χ0v) is 17.4. The van der Waals surface area contributed by atoms with E-state index in [-0.39, 0.29) is 23.0 Å². The van der Waals surface area contributed by atoms with Gasteiger partial charge in [0.1, 0.15) is 16.7 Å². The van der Waals surface area contributed by atoms with Crippen LogP contribution in [-0.2, 0) is 21.2 Å². The summed E-state index contributed by atoms with van der Waals surface area (Å²) < 4.78 is 33.8. The lowest BCUT2D eigenvalue weighted by atomic mass is 10.1. The molecule has 0 unspecified atom stereocenters. The fourth-order valence-electron chi connectivity index (χ4n) is 2.79. The van der Waals surface area contributed by atoms with Crippen LogP contribution >= 0.6 is 0 Å². The summed E-state index contributed by atoms with van der Waals surface area (Å²) in [6.45, 7) is 4.34. The number of sulfonamides is 1. The molecule has 28 heavy (non-hydrogen) atoms. The van der Waals surface area contributed by atoms with Gasteiger partial charge in [-0.1, -0.05) is 49.7 Å². The predicted octanol–water partition coefficient (Wildman–Crippen LogP) is 2.81. The van der Waals surface area contributed by atoms with E-state index < -0.39 is 16.1 Å². The summed E-state index contributed by atoms with van der Waals surface area (Å²) in [5, 5.41) is 2.82. The number of aryl methyl sites for hydroxylation is 1. The highest BCUT2D eigenvalue weighted by atomic mass is 32.2. The smallest absolute Gasteiger partial charge is 0.244 e. The molecule has 0 radical (unpaired) electrons. The number of carbonyl (C=O) groups is 1. The van der Waals surface area contributed by atoms with Gasteiger partial charge in [-0.15, -0.1) is 0 Å². The molecule has 1 amide bonds. The van der Waals surface area contributed by atoms with Crippen LogP contribution < -0.4 is 14.8 Å². The molecule has 0 aliphatic heterocycles. The topological polar surface area (TPSA) is 84.5 Å². The number of hydrogen-bond donors (Lipinski definition) is 2. The van der Waals surface area contributed by atoms with Gasteiger partial charge in [0, 0.05) is 6.54 Å². The minimum atomic E-state index is -3.96. The van der Waals surface area contributed by atoms with E-state index in [9.17, 15) is 13.2 Å². The molecule has 0 saturated heterocycles. The lowest BCUT2D eigenvalue weighted by Crippen LogP contribution is -2.48. The molecule has 0 aromatic heterocycles. The first-order valence-electron chi connectivity index (χ1n) is 9.36. The number of carbonyl (C=O) groups excluding carboxylic acids is 1. The number of nitrogens with one attached hydrogen (secondary N) is 2. The second-order valence-corrected chi connectivity index (χ2v) is 8.34. The van der Waals surface area contributed by atoms with E-state index in [0.29, 0.717) is 6.54 Å². The predicted molar refractivity (Wildman–Crippen MR) is 110 cm³/mol. The van der Waals surface area contributed by atoms with Crippen molar-refractivity contribution in [1.82, 2.24) is 10.0 Å².